The predicted molar refractivity (Wildman–Crippen MR) is 218 cm³/mol. The largest absolute Gasteiger partial charge is 0.744 e. The van der Waals surface area contributed by atoms with Crippen LogP contribution in [0.5, 0.6) is 0 Å². The molecule has 2 heterocycles. The summed E-state index contributed by atoms with van der Waals surface area (Å²) in [7, 11) is -6.73. The number of nitrogens with zero attached hydrogens (tertiary/aromatic N) is 3. The summed E-state index contributed by atoms with van der Waals surface area (Å²) in [6.07, 6.45) is 18.9. The van der Waals surface area contributed by atoms with Crippen molar-refractivity contribution in [2.45, 2.75) is 115 Å². The second-order valence-electron chi connectivity index (χ2n) is 15.7. The quantitative estimate of drug-likeness (QED) is 0.0846. The van der Waals surface area contributed by atoms with Crippen LogP contribution < -0.4 is 4.90 Å². The van der Waals surface area contributed by atoms with Crippen molar-refractivity contribution in [2.24, 2.45) is 5.92 Å². The Morgan fingerprint density at radius 3 is 2.13 bits per heavy atom. The van der Waals surface area contributed by atoms with Crippen LogP contribution in [0.25, 0.3) is 0 Å². The molecule has 2 aliphatic heterocycles. The van der Waals surface area contributed by atoms with Gasteiger partial charge in [-0.25, -0.2) is 21.1 Å². The Balaban J connectivity index is 1.55. The average Bonchev–Trinajstić information content (AvgIpc) is 3.45. The number of benzene rings is 2. The molecule has 0 N–H and O–H groups in total. The molecule has 0 amide bonds. The van der Waals surface area contributed by atoms with Crippen molar-refractivity contribution in [2.75, 3.05) is 31.6 Å². The van der Waals surface area contributed by atoms with Crippen molar-refractivity contribution < 1.29 is 30.8 Å². The smallest absolute Gasteiger partial charge is 0.242 e. The van der Waals surface area contributed by atoms with Crippen LogP contribution in [0.15, 0.2) is 94.4 Å². The van der Waals surface area contributed by atoms with Gasteiger partial charge in [0, 0.05) is 73.4 Å². The van der Waals surface area contributed by atoms with Crippen LogP contribution >= 0.6 is 0 Å². The van der Waals surface area contributed by atoms with E-state index in [1.54, 1.807) is 19.2 Å². The number of carbonyl (C=O) groups excluding carboxylic acids is 1. The molecule has 0 saturated heterocycles. The number of hydrogen-bond donors (Lipinski definition) is 0. The summed E-state index contributed by atoms with van der Waals surface area (Å²) in [4.78, 5) is 14.4. The fourth-order valence-electron chi connectivity index (χ4n) is 7.29. The van der Waals surface area contributed by atoms with Gasteiger partial charge < -0.3 is 9.45 Å². The summed E-state index contributed by atoms with van der Waals surface area (Å²) in [6.45, 7) is 18.2. The fraction of sp³-hybridized carbons (Fsp3) is 0.488. The molecule has 0 aromatic heterocycles. The molecule has 11 heteroatoms. The highest BCUT2D eigenvalue weighted by molar-refractivity contribution is 7.89. The third-order valence-electron chi connectivity index (χ3n) is 10.7. The van der Waals surface area contributed by atoms with E-state index < -0.39 is 31.0 Å². The number of unbranched alkanes of at least 4 members (excludes halogenated alkanes) is 2. The summed E-state index contributed by atoms with van der Waals surface area (Å²) in [5.41, 5.74) is 4.91. The van der Waals surface area contributed by atoms with E-state index in [2.05, 4.69) is 63.2 Å². The van der Waals surface area contributed by atoms with Crippen molar-refractivity contribution in [3.63, 3.8) is 0 Å². The number of ketones is 1. The van der Waals surface area contributed by atoms with Crippen LogP contribution in [0.2, 0.25) is 0 Å². The number of hydrogen-bond acceptors (Lipinski definition) is 7. The summed E-state index contributed by atoms with van der Waals surface area (Å²) in [5, 5.41) is 0. The Labute approximate surface area is 324 Å². The zero-order valence-corrected chi connectivity index (χ0v) is 35.2. The molecule has 0 aliphatic carbocycles. The van der Waals surface area contributed by atoms with Crippen LogP contribution in [0, 0.1) is 5.92 Å². The maximum Gasteiger partial charge on any atom is 0.242 e. The topological polar surface area (TPSA) is 118 Å². The molecule has 0 bridgehead atoms. The summed E-state index contributed by atoms with van der Waals surface area (Å²) in [6, 6.07) is 10.1. The van der Waals surface area contributed by atoms with Gasteiger partial charge in [-0.1, -0.05) is 84.8 Å². The first-order chi connectivity index (χ1) is 25.3. The molecule has 0 fully saturated rings. The van der Waals surface area contributed by atoms with E-state index in [0.717, 1.165) is 72.7 Å². The standard InChI is InChI=1S/C43H59N3O6S2/c1-10-12-28-45-37-25-23-33(53(48,49)44(9)27-19-20-39(47)32(3)4)30-35(37)42(5,6)40(45)21-17-15-14-16-18-22-41-43(7,8)36-31-34(54(50,51)52)24-26-38(36)46(41)29-13-11-2/h14-18,21-26,30-32H,10-13,19-20,27-29H2,1-9H3. The Bertz CT molecular complexity index is 2090. The first-order valence-electron chi connectivity index (χ1n) is 19.2. The Morgan fingerprint density at radius 2 is 1.48 bits per heavy atom. The number of carbonyl (C=O) groups is 1. The molecule has 0 unspecified atom stereocenters. The van der Waals surface area contributed by atoms with Crippen molar-refractivity contribution in [3.05, 3.63) is 95.8 Å². The number of rotatable bonds is 18. The average molecular weight is 778 g/mol. The molecule has 0 saturated carbocycles. The molecule has 2 aromatic rings. The van der Waals surface area contributed by atoms with Crippen molar-refractivity contribution in [1.29, 1.82) is 0 Å². The van der Waals surface area contributed by atoms with Gasteiger partial charge in [0.1, 0.15) is 22.4 Å². The maximum absolute atomic E-state index is 13.6. The van der Waals surface area contributed by atoms with Gasteiger partial charge in [-0.15, -0.1) is 0 Å². The summed E-state index contributed by atoms with van der Waals surface area (Å²) >= 11 is 0. The zero-order valence-electron chi connectivity index (χ0n) is 33.6. The Morgan fingerprint density at radius 1 is 0.852 bits per heavy atom. The van der Waals surface area contributed by atoms with E-state index in [0.29, 0.717) is 12.8 Å². The van der Waals surface area contributed by atoms with E-state index in [4.69, 9.17) is 0 Å². The first kappa shape index (κ1) is 43.1. The van der Waals surface area contributed by atoms with Crippen molar-refractivity contribution in [3.8, 4) is 0 Å². The highest BCUT2D eigenvalue weighted by Gasteiger charge is 2.45. The second kappa shape index (κ2) is 17.4. The van der Waals surface area contributed by atoms with Gasteiger partial charge in [0.2, 0.25) is 15.7 Å². The lowest BCUT2D eigenvalue weighted by Crippen LogP contribution is -2.29. The van der Waals surface area contributed by atoms with E-state index in [-0.39, 0.29) is 28.0 Å². The maximum atomic E-state index is 13.6. The van der Waals surface area contributed by atoms with Gasteiger partial charge in [0.25, 0.3) is 0 Å². The third-order valence-corrected chi connectivity index (χ3v) is 13.4. The van der Waals surface area contributed by atoms with Gasteiger partial charge in [-0.05, 0) is 68.7 Å². The molecule has 0 atom stereocenters. The SMILES string of the molecule is CCCCN1/C(=C/C=C/C=C/C=C/C2=[N+](CCCC)c3ccc(S(=O)(=O)N(C)CCCC(=O)C(C)C)cc3C2(C)C)C(C)(C)c2cc(S(=O)(=O)[O-])ccc21. The molecule has 4 rings (SSSR count). The normalized spacial score (nSPS) is 17.7. The minimum absolute atomic E-state index is 0.0606. The minimum atomic E-state index is -4.57. The number of Topliss-reactive ketones (excluding diaryl/α,β-unsaturated/α-hetero) is 1. The number of allylic oxidation sites excluding steroid dienone is 8. The fourth-order valence-corrected chi connectivity index (χ4v) is 9.02. The first-order valence-corrected chi connectivity index (χ1v) is 22.0. The Hall–Kier alpha value is -3.64. The van der Waals surface area contributed by atoms with Crippen LogP contribution in [-0.4, -0.2) is 68.4 Å². The van der Waals surface area contributed by atoms with Crippen molar-refractivity contribution >= 4 is 43.0 Å². The minimum Gasteiger partial charge on any atom is -0.744 e. The van der Waals surface area contributed by atoms with Gasteiger partial charge >= 0.3 is 0 Å². The molecule has 0 radical (unpaired) electrons. The molecule has 54 heavy (non-hydrogen) atoms. The third kappa shape index (κ3) is 9.24. The van der Waals surface area contributed by atoms with Gasteiger partial charge in [0.15, 0.2) is 5.71 Å². The zero-order chi connectivity index (χ0) is 40.1. The van der Waals surface area contributed by atoms with E-state index in [1.165, 1.54) is 16.4 Å². The molecular weight excluding hydrogens is 719 g/mol. The summed E-state index contributed by atoms with van der Waals surface area (Å²) in [5.74, 6) is 0.0780. The molecule has 2 aromatic carbocycles. The highest BCUT2D eigenvalue weighted by atomic mass is 32.2. The summed E-state index contributed by atoms with van der Waals surface area (Å²) < 4.78 is 66.3. The second-order valence-corrected chi connectivity index (χ2v) is 19.1. The van der Waals surface area contributed by atoms with E-state index in [9.17, 15) is 26.2 Å². The van der Waals surface area contributed by atoms with E-state index >= 15 is 0 Å². The lowest BCUT2D eigenvalue weighted by molar-refractivity contribution is -0.438. The van der Waals surface area contributed by atoms with Crippen molar-refractivity contribution in [1.82, 2.24) is 4.31 Å². The van der Waals surface area contributed by atoms with E-state index in [1.807, 2.05) is 56.4 Å². The van der Waals surface area contributed by atoms with Gasteiger partial charge in [-0.3, -0.25) is 4.79 Å². The van der Waals surface area contributed by atoms with Gasteiger partial charge in [-0.2, -0.15) is 4.58 Å². The lowest BCUT2D eigenvalue weighted by Gasteiger charge is -2.27. The molecule has 2 aliphatic rings. The molecule has 0 spiro atoms. The number of fused-ring (bicyclic) bond motifs is 2. The Kier molecular flexibility index (Phi) is 13.9. The molecular formula is C43H59N3O6S2. The van der Waals surface area contributed by atoms with Gasteiger partial charge in [0.05, 0.1) is 15.2 Å². The highest BCUT2D eigenvalue weighted by Crippen LogP contribution is 2.48. The number of sulfonamides is 1. The van der Waals surface area contributed by atoms with Crippen LogP contribution in [0.1, 0.15) is 105 Å². The van der Waals surface area contributed by atoms with Crippen LogP contribution in [-0.2, 0) is 35.8 Å². The van der Waals surface area contributed by atoms with Crippen LogP contribution in [0.3, 0.4) is 0 Å². The number of anilines is 1. The van der Waals surface area contributed by atoms with Crippen LogP contribution in [0.4, 0.5) is 11.4 Å². The predicted octanol–water partition coefficient (Wildman–Crippen LogP) is 8.54. The molecule has 294 valence electrons. The lowest BCUT2D eigenvalue weighted by atomic mass is 9.81. The monoisotopic (exact) mass is 777 g/mol. The molecule has 9 nitrogen and oxygen atoms in total.